The summed E-state index contributed by atoms with van der Waals surface area (Å²) < 4.78 is 5.51. The molecule has 2 rings (SSSR count). The second-order valence-electron chi connectivity index (χ2n) is 3.64. The zero-order chi connectivity index (χ0) is 11.5. The Labute approximate surface area is 93.8 Å². The Morgan fingerprint density at radius 2 is 1.88 bits per heavy atom. The molecule has 2 N–H and O–H groups in total. The van der Waals surface area contributed by atoms with Crippen molar-refractivity contribution in [3.05, 3.63) is 42.5 Å². The molecule has 0 spiro atoms. The maximum Gasteiger partial charge on any atom is 0.258 e. The molecule has 16 heavy (non-hydrogen) atoms. The molecular formula is C13H13NO2. The smallest absolute Gasteiger partial charge is 0.258 e. The van der Waals surface area contributed by atoms with Gasteiger partial charge in [-0.15, -0.1) is 0 Å². The molecule has 0 radical (unpaired) electrons. The lowest BCUT2D eigenvalue weighted by atomic mass is 10.1. The van der Waals surface area contributed by atoms with E-state index < -0.39 is 12.0 Å². The predicted molar refractivity (Wildman–Crippen MR) is 63.2 cm³/mol. The first-order valence-electron chi connectivity index (χ1n) is 5.12. The quantitative estimate of drug-likeness (QED) is 0.852. The van der Waals surface area contributed by atoms with Crippen LogP contribution in [0.15, 0.2) is 42.5 Å². The Hall–Kier alpha value is -2.03. The van der Waals surface area contributed by atoms with Crippen molar-refractivity contribution in [1.82, 2.24) is 0 Å². The lowest BCUT2D eigenvalue weighted by Crippen LogP contribution is -2.30. The van der Waals surface area contributed by atoms with Crippen LogP contribution in [-0.4, -0.2) is 12.0 Å². The Balaban J connectivity index is 2.41. The average molecular weight is 215 g/mol. The van der Waals surface area contributed by atoms with Crippen molar-refractivity contribution >= 4 is 16.7 Å². The van der Waals surface area contributed by atoms with Crippen LogP contribution in [0.1, 0.15) is 6.92 Å². The minimum absolute atomic E-state index is 0.465. The molecule has 0 aromatic heterocycles. The lowest BCUT2D eigenvalue weighted by Gasteiger charge is -2.13. The van der Waals surface area contributed by atoms with Crippen LogP contribution < -0.4 is 10.5 Å². The number of carbonyl (C=O) groups is 1. The Morgan fingerprint density at radius 1 is 1.19 bits per heavy atom. The van der Waals surface area contributed by atoms with Gasteiger partial charge in [0.05, 0.1) is 0 Å². The van der Waals surface area contributed by atoms with Crippen molar-refractivity contribution in [2.75, 3.05) is 0 Å². The fourth-order valence-electron chi connectivity index (χ4n) is 1.55. The fourth-order valence-corrected chi connectivity index (χ4v) is 1.55. The van der Waals surface area contributed by atoms with Crippen LogP contribution in [0, 0.1) is 0 Å². The van der Waals surface area contributed by atoms with Gasteiger partial charge < -0.3 is 10.5 Å². The summed E-state index contributed by atoms with van der Waals surface area (Å²) in [6, 6.07) is 13.6. The Morgan fingerprint density at radius 3 is 2.62 bits per heavy atom. The molecule has 82 valence electrons. The van der Waals surface area contributed by atoms with Gasteiger partial charge in [-0.05, 0) is 18.4 Å². The van der Waals surface area contributed by atoms with E-state index in [1.54, 1.807) is 6.92 Å². The summed E-state index contributed by atoms with van der Waals surface area (Å²) >= 11 is 0. The minimum Gasteiger partial charge on any atom is -0.480 e. The van der Waals surface area contributed by atoms with E-state index in [0.29, 0.717) is 5.75 Å². The lowest BCUT2D eigenvalue weighted by molar-refractivity contribution is -0.123. The third kappa shape index (κ3) is 1.98. The van der Waals surface area contributed by atoms with Gasteiger partial charge in [0.2, 0.25) is 0 Å². The fraction of sp³-hybridized carbons (Fsp3) is 0.154. The van der Waals surface area contributed by atoms with E-state index in [9.17, 15) is 4.79 Å². The molecule has 0 unspecified atom stereocenters. The van der Waals surface area contributed by atoms with Crippen LogP contribution in [0.25, 0.3) is 10.8 Å². The van der Waals surface area contributed by atoms with Crippen LogP contribution in [0.3, 0.4) is 0 Å². The number of hydrogen-bond donors (Lipinski definition) is 1. The second-order valence-corrected chi connectivity index (χ2v) is 3.64. The zero-order valence-corrected chi connectivity index (χ0v) is 9.01. The molecule has 0 saturated heterocycles. The normalized spacial score (nSPS) is 12.3. The van der Waals surface area contributed by atoms with Gasteiger partial charge in [-0.3, -0.25) is 4.79 Å². The highest BCUT2D eigenvalue weighted by Gasteiger charge is 2.11. The van der Waals surface area contributed by atoms with E-state index in [1.165, 1.54) is 0 Å². The molecule has 0 fully saturated rings. The largest absolute Gasteiger partial charge is 0.480 e. The van der Waals surface area contributed by atoms with Crippen molar-refractivity contribution in [3.63, 3.8) is 0 Å². The van der Waals surface area contributed by atoms with Crippen LogP contribution in [-0.2, 0) is 4.79 Å². The van der Waals surface area contributed by atoms with Gasteiger partial charge in [0, 0.05) is 5.39 Å². The summed E-state index contributed by atoms with van der Waals surface area (Å²) in [7, 11) is 0. The van der Waals surface area contributed by atoms with Gasteiger partial charge in [0.25, 0.3) is 5.91 Å². The Bertz CT molecular complexity index is 517. The number of benzene rings is 2. The van der Waals surface area contributed by atoms with Gasteiger partial charge in [-0.25, -0.2) is 0 Å². The molecule has 0 aliphatic rings. The maximum atomic E-state index is 10.9. The molecule has 3 heteroatoms. The van der Waals surface area contributed by atoms with E-state index in [-0.39, 0.29) is 0 Å². The van der Waals surface area contributed by atoms with Crippen molar-refractivity contribution in [3.8, 4) is 5.75 Å². The van der Waals surface area contributed by atoms with Gasteiger partial charge in [0.1, 0.15) is 5.75 Å². The number of primary amides is 1. The summed E-state index contributed by atoms with van der Waals surface area (Å²) in [6.45, 7) is 1.64. The Kier molecular flexibility index (Phi) is 2.77. The number of amides is 1. The van der Waals surface area contributed by atoms with E-state index in [4.69, 9.17) is 10.5 Å². The van der Waals surface area contributed by atoms with Gasteiger partial charge in [-0.2, -0.15) is 0 Å². The standard InChI is InChI=1S/C13H13NO2/c1-9(13(14)15)16-12-8-4-6-10-5-2-3-7-11(10)12/h2-9H,1H3,(H2,14,15)/t9-/m1/s1. The molecule has 2 aromatic rings. The van der Waals surface area contributed by atoms with Crippen molar-refractivity contribution in [2.24, 2.45) is 5.73 Å². The first-order valence-corrected chi connectivity index (χ1v) is 5.12. The predicted octanol–water partition coefficient (Wildman–Crippen LogP) is 2.09. The molecule has 2 aromatic carbocycles. The number of fused-ring (bicyclic) bond motifs is 1. The van der Waals surface area contributed by atoms with Crippen LogP contribution in [0.5, 0.6) is 5.75 Å². The maximum absolute atomic E-state index is 10.9. The SMILES string of the molecule is C[C@@H](Oc1cccc2ccccc12)C(N)=O. The van der Waals surface area contributed by atoms with Gasteiger partial charge in [0.15, 0.2) is 6.10 Å². The number of rotatable bonds is 3. The van der Waals surface area contributed by atoms with Crippen molar-refractivity contribution in [1.29, 1.82) is 0 Å². The van der Waals surface area contributed by atoms with E-state index in [1.807, 2.05) is 42.5 Å². The number of hydrogen-bond acceptors (Lipinski definition) is 2. The highest BCUT2D eigenvalue weighted by Crippen LogP contribution is 2.25. The molecule has 1 atom stereocenters. The molecule has 0 aliphatic heterocycles. The third-order valence-corrected chi connectivity index (χ3v) is 2.45. The number of ether oxygens (including phenoxy) is 1. The second kappa shape index (κ2) is 4.23. The highest BCUT2D eigenvalue weighted by molar-refractivity contribution is 5.88. The first kappa shape index (κ1) is 10.5. The third-order valence-electron chi connectivity index (χ3n) is 2.45. The van der Waals surface area contributed by atoms with Crippen LogP contribution in [0.4, 0.5) is 0 Å². The molecule has 3 nitrogen and oxygen atoms in total. The summed E-state index contributed by atoms with van der Waals surface area (Å²) in [4.78, 5) is 10.9. The number of nitrogens with two attached hydrogens (primary N) is 1. The monoisotopic (exact) mass is 215 g/mol. The zero-order valence-electron chi connectivity index (χ0n) is 9.01. The molecule has 0 heterocycles. The first-order chi connectivity index (χ1) is 7.68. The topological polar surface area (TPSA) is 52.3 Å². The molecule has 0 aliphatic carbocycles. The van der Waals surface area contributed by atoms with Crippen molar-refractivity contribution < 1.29 is 9.53 Å². The van der Waals surface area contributed by atoms with Gasteiger partial charge >= 0.3 is 0 Å². The molecule has 1 amide bonds. The van der Waals surface area contributed by atoms with Crippen LogP contribution >= 0.6 is 0 Å². The van der Waals surface area contributed by atoms with Crippen LogP contribution in [0.2, 0.25) is 0 Å². The van der Waals surface area contributed by atoms with E-state index in [2.05, 4.69) is 0 Å². The molecular weight excluding hydrogens is 202 g/mol. The average Bonchev–Trinajstić information content (AvgIpc) is 2.29. The minimum atomic E-state index is -0.620. The highest BCUT2D eigenvalue weighted by atomic mass is 16.5. The summed E-state index contributed by atoms with van der Waals surface area (Å²) in [5.74, 6) is 0.220. The van der Waals surface area contributed by atoms with E-state index in [0.717, 1.165) is 10.8 Å². The summed E-state index contributed by atoms with van der Waals surface area (Å²) in [5.41, 5.74) is 5.16. The van der Waals surface area contributed by atoms with Crippen molar-refractivity contribution in [2.45, 2.75) is 13.0 Å². The molecule has 0 bridgehead atoms. The van der Waals surface area contributed by atoms with Gasteiger partial charge in [-0.1, -0.05) is 36.4 Å². The summed E-state index contributed by atoms with van der Waals surface area (Å²) in [5, 5.41) is 2.06. The van der Waals surface area contributed by atoms with E-state index >= 15 is 0 Å². The summed E-state index contributed by atoms with van der Waals surface area (Å²) in [6.07, 6.45) is -0.620. The number of carbonyl (C=O) groups excluding carboxylic acids is 1. The molecule has 0 saturated carbocycles.